The zero-order valence-electron chi connectivity index (χ0n) is 9.50. The quantitative estimate of drug-likeness (QED) is 0.350. The van der Waals surface area contributed by atoms with Crippen molar-refractivity contribution in [1.29, 1.82) is 0 Å². The Morgan fingerprint density at radius 1 is 1.53 bits per heavy atom. The molecule has 0 aliphatic carbocycles. The first kappa shape index (κ1) is 14.0. The minimum absolute atomic E-state index is 0.0141. The van der Waals surface area contributed by atoms with Gasteiger partial charge in [0.1, 0.15) is 13.0 Å². The van der Waals surface area contributed by atoms with Gasteiger partial charge in [-0.25, -0.2) is 0 Å². The maximum absolute atomic E-state index is 11.0. The summed E-state index contributed by atoms with van der Waals surface area (Å²) in [6.45, 7) is 6.12. The number of carbonyl (C=O) groups is 1. The predicted octanol–water partition coefficient (Wildman–Crippen LogP) is 1.90. The number of hydrogen-bond acceptors (Lipinski definition) is 3. The highest BCUT2D eigenvalue weighted by Crippen LogP contribution is 2.14. The molecule has 0 atom stereocenters. The molecule has 0 spiro atoms. The number of carbonyl (C=O) groups excluding carboxylic acids is 1. The van der Waals surface area contributed by atoms with E-state index in [1.807, 2.05) is 26.8 Å². The van der Waals surface area contributed by atoms with Crippen molar-refractivity contribution < 1.29 is 9.63 Å². The molecule has 0 aromatic carbocycles. The summed E-state index contributed by atoms with van der Waals surface area (Å²) in [4.78, 5) is 15.6. The van der Waals surface area contributed by atoms with Crippen molar-refractivity contribution >= 4 is 23.3 Å². The van der Waals surface area contributed by atoms with Gasteiger partial charge in [-0.1, -0.05) is 32.0 Å². The van der Waals surface area contributed by atoms with Crippen LogP contribution in [0.2, 0.25) is 0 Å². The van der Waals surface area contributed by atoms with Crippen LogP contribution in [0.3, 0.4) is 0 Å². The number of amides is 1. The third-order valence-electron chi connectivity index (χ3n) is 1.32. The summed E-state index contributed by atoms with van der Waals surface area (Å²) in [5.74, 6) is -0.0735. The van der Waals surface area contributed by atoms with Gasteiger partial charge in [0.05, 0.1) is 0 Å². The zero-order valence-corrected chi connectivity index (χ0v) is 10.3. The Balaban J connectivity index is 4.50. The van der Waals surface area contributed by atoms with E-state index >= 15 is 0 Å². The molecule has 0 aliphatic rings. The molecule has 0 radical (unpaired) electrons. The van der Waals surface area contributed by atoms with Gasteiger partial charge in [0.15, 0.2) is 5.84 Å². The van der Waals surface area contributed by atoms with E-state index < -0.39 is 0 Å². The third-order valence-corrected chi connectivity index (χ3v) is 1.56. The van der Waals surface area contributed by atoms with Gasteiger partial charge < -0.3 is 10.2 Å². The van der Waals surface area contributed by atoms with E-state index in [-0.39, 0.29) is 17.2 Å². The van der Waals surface area contributed by atoms with Crippen LogP contribution in [0, 0.1) is 5.41 Å². The van der Waals surface area contributed by atoms with E-state index in [0.29, 0.717) is 5.84 Å². The number of amidine groups is 1. The fourth-order valence-corrected chi connectivity index (χ4v) is 0.765. The summed E-state index contributed by atoms with van der Waals surface area (Å²) in [5, 5.41) is 6.16. The zero-order chi connectivity index (χ0) is 11.9. The smallest absolute Gasteiger partial charge is 0.240 e. The van der Waals surface area contributed by atoms with Crippen molar-refractivity contribution in [3.05, 3.63) is 12.2 Å². The molecular weight excluding hydrogens is 216 g/mol. The Kier molecular flexibility index (Phi) is 6.01. The predicted molar refractivity (Wildman–Crippen MR) is 61.9 cm³/mol. The number of rotatable bonds is 3. The van der Waals surface area contributed by atoms with E-state index in [2.05, 4.69) is 15.3 Å². The average molecular weight is 233 g/mol. The Hall–Kier alpha value is -1.03. The van der Waals surface area contributed by atoms with E-state index in [1.165, 1.54) is 7.11 Å². The Bertz CT molecular complexity index is 267. The summed E-state index contributed by atoms with van der Waals surface area (Å²) in [6.07, 6.45) is 3.60. The van der Waals surface area contributed by atoms with Crippen LogP contribution in [0.25, 0.3) is 0 Å². The Morgan fingerprint density at radius 3 is 2.53 bits per heavy atom. The van der Waals surface area contributed by atoms with Gasteiger partial charge in [0, 0.05) is 0 Å². The number of nitrogens with zero attached hydrogens (tertiary/aromatic N) is 1. The van der Waals surface area contributed by atoms with Crippen LogP contribution < -0.4 is 5.32 Å². The maximum atomic E-state index is 11.0. The highest BCUT2D eigenvalue weighted by Gasteiger charge is 2.06. The molecule has 1 amide bonds. The molecular formula is C10H17ClN2O2. The summed E-state index contributed by atoms with van der Waals surface area (Å²) >= 11 is 5.35. The fraction of sp³-hybridized carbons (Fsp3) is 0.600. The third kappa shape index (κ3) is 8.00. The average Bonchev–Trinajstić information content (AvgIpc) is 2.13. The van der Waals surface area contributed by atoms with Crippen LogP contribution in [0.4, 0.5) is 0 Å². The van der Waals surface area contributed by atoms with Crippen LogP contribution in [0.5, 0.6) is 0 Å². The molecule has 0 aromatic heterocycles. The van der Waals surface area contributed by atoms with Crippen molar-refractivity contribution in [3.63, 3.8) is 0 Å². The fourth-order valence-electron chi connectivity index (χ4n) is 0.698. The molecule has 0 saturated heterocycles. The monoisotopic (exact) mass is 232 g/mol. The van der Waals surface area contributed by atoms with Crippen molar-refractivity contribution in [1.82, 2.24) is 5.32 Å². The standard InChI is InChI=1S/C10H17ClN2O2/c1-10(2,3)6-5-8(13-15-4)12-9(14)7-11/h5-6H,7H2,1-4H3,(H,12,13,14)/b6-5+. The number of allylic oxidation sites excluding steroid dienone is 1. The van der Waals surface area contributed by atoms with Crippen molar-refractivity contribution in [2.45, 2.75) is 20.8 Å². The first-order chi connectivity index (χ1) is 6.89. The van der Waals surface area contributed by atoms with Gasteiger partial charge in [-0.15, -0.1) is 11.6 Å². The lowest BCUT2D eigenvalue weighted by Gasteiger charge is -2.11. The normalized spacial score (nSPS) is 13.0. The van der Waals surface area contributed by atoms with Gasteiger partial charge in [-0.3, -0.25) is 4.79 Å². The van der Waals surface area contributed by atoms with Crippen LogP contribution in [-0.2, 0) is 9.63 Å². The highest BCUT2D eigenvalue weighted by molar-refractivity contribution is 6.28. The molecule has 4 nitrogen and oxygen atoms in total. The van der Waals surface area contributed by atoms with Crippen LogP contribution in [-0.4, -0.2) is 24.7 Å². The van der Waals surface area contributed by atoms with Gasteiger partial charge in [0.25, 0.3) is 0 Å². The summed E-state index contributed by atoms with van der Waals surface area (Å²) in [7, 11) is 1.41. The second-order valence-electron chi connectivity index (χ2n) is 4.04. The molecule has 0 aromatic rings. The summed E-state index contributed by atoms with van der Waals surface area (Å²) in [6, 6.07) is 0. The van der Waals surface area contributed by atoms with Crippen LogP contribution in [0.1, 0.15) is 20.8 Å². The minimum atomic E-state index is -0.314. The van der Waals surface area contributed by atoms with Gasteiger partial charge in [-0.05, 0) is 11.5 Å². The minimum Gasteiger partial charge on any atom is -0.397 e. The van der Waals surface area contributed by atoms with Gasteiger partial charge in [0.2, 0.25) is 5.91 Å². The van der Waals surface area contributed by atoms with E-state index in [4.69, 9.17) is 11.6 Å². The second-order valence-corrected chi connectivity index (χ2v) is 4.31. The van der Waals surface area contributed by atoms with E-state index in [9.17, 15) is 4.79 Å². The topological polar surface area (TPSA) is 50.7 Å². The van der Waals surface area contributed by atoms with Crippen molar-refractivity contribution in [2.24, 2.45) is 10.6 Å². The van der Waals surface area contributed by atoms with E-state index in [0.717, 1.165) is 0 Å². The molecule has 0 heterocycles. The number of halogens is 1. The molecule has 0 aliphatic heterocycles. The van der Waals surface area contributed by atoms with Crippen LogP contribution >= 0.6 is 11.6 Å². The van der Waals surface area contributed by atoms with Crippen molar-refractivity contribution in [2.75, 3.05) is 13.0 Å². The van der Waals surface area contributed by atoms with E-state index in [1.54, 1.807) is 6.08 Å². The number of alkyl halides is 1. The number of nitrogens with one attached hydrogen (secondary N) is 1. The Morgan fingerprint density at radius 2 is 2.13 bits per heavy atom. The number of oxime groups is 1. The SMILES string of the molecule is CO/N=C(\C=C\C(C)(C)C)NC(=O)CCl. The largest absolute Gasteiger partial charge is 0.397 e. The van der Waals surface area contributed by atoms with Crippen LogP contribution in [0.15, 0.2) is 17.3 Å². The Labute approximate surface area is 95.3 Å². The molecule has 0 unspecified atom stereocenters. The maximum Gasteiger partial charge on any atom is 0.240 e. The molecule has 0 fully saturated rings. The number of hydrogen-bond donors (Lipinski definition) is 1. The first-order valence-electron chi connectivity index (χ1n) is 4.55. The lowest BCUT2D eigenvalue weighted by molar-refractivity contribution is -0.117. The molecule has 5 heteroatoms. The molecule has 15 heavy (non-hydrogen) atoms. The molecule has 0 saturated carbocycles. The molecule has 86 valence electrons. The lowest BCUT2D eigenvalue weighted by atomic mass is 9.96. The molecule has 0 bridgehead atoms. The highest BCUT2D eigenvalue weighted by atomic mass is 35.5. The summed E-state index contributed by atoms with van der Waals surface area (Å²) in [5.41, 5.74) is 0.0141. The molecule has 1 N–H and O–H groups in total. The van der Waals surface area contributed by atoms with Crippen molar-refractivity contribution in [3.8, 4) is 0 Å². The second kappa shape index (κ2) is 6.45. The lowest BCUT2D eigenvalue weighted by Crippen LogP contribution is -2.30. The first-order valence-corrected chi connectivity index (χ1v) is 5.08. The molecule has 0 rings (SSSR count). The summed E-state index contributed by atoms with van der Waals surface area (Å²) < 4.78 is 0. The van der Waals surface area contributed by atoms with Gasteiger partial charge in [-0.2, -0.15) is 0 Å². The van der Waals surface area contributed by atoms with Gasteiger partial charge >= 0.3 is 0 Å².